The highest BCUT2D eigenvalue weighted by Gasteiger charge is 2.18. The summed E-state index contributed by atoms with van der Waals surface area (Å²) in [4.78, 5) is 23.8. The highest BCUT2D eigenvalue weighted by molar-refractivity contribution is 5.92. The molecule has 0 unspecified atom stereocenters. The van der Waals surface area contributed by atoms with Gasteiger partial charge in [-0.15, -0.1) is 0 Å². The van der Waals surface area contributed by atoms with E-state index in [1.807, 2.05) is 0 Å². The second kappa shape index (κ2) is 7.31. The number of nitrogens with one attached hydrogen (secondary N) is 1. The van der Waals surface area contributed by atoms with Crippen molar-refractivity contribution in [3.05, 3.63) is 54.0 Å². The van der Waals surface area contributed by atoms with Gasteiger partial charge in [-0.3, -0.25) is 4.79 Å². The van der Waals surface area contributed by atoms with E-state index in [1.54, 1.807) is 43.5 Å². The Kier molecular flexibility index (Phi) is 5.19. The van der Waals surface area contributed by atoms with Crippen LogP contribution in [0.1, 0.15) is 23.0 Å². The van der Waals surface area contributed by atoms with Crippen molar-refractivity contribution in [3.8, 4) is 5.75 Å². The number of methoxy groups -OCH3 is 1. The summed E-state index contributed by atoms with van der Waals surface area (Å²) in [7, 11) is 1.54. The number of hydrogen-bond donors (Lipinski definition) is 1. The Morgan fingerprint density at radius 1 is 1.23 bits per heavy atom. The summed E-state index contributed by atoms with van der Waals surface area (Å²) < 4.78 is 15.2. The van der Waals surface area contributed by atoms with Crippen LogP contribution in [-0.2, 0) is 16.1 Å². The first-order valence-corrected chi connectivity index (χ1v) is 6.75. The van der Waals surface area contributed by atoms with E-state index in [2.05, 4.69) is 5.32 Å². The van der Waals surface area contributed by atoms with E-state index in [9.17, 15) is 9.59 Å². The van der Waals surface area contributed by atoms with Crippen LogP contribution in [0.15, 0.2) is 47.1 Å². The summed E-state index contributed by atoms with van der Waals surface area (Å²) in [5.74, 6) is 0.310. The van der Waals surface area contributed by atoms with Crippen LogP contribution in [0.5, 0.6) is 5.75 Å². The lowest BCUT2D eigenvalue weighted by Crippen LogP contribution is -2.35. The number of hydrogen-bond acceptors (Lipinski definition) is 5. The maximum atomic E-state index is 11.9. The Hall–Kier alpha value is -2.76. The average molecular weight is 303 g/mol. The van der Waals surface area contributed by atoms with E-state index in [-0.39, 0.29) is 6.54 Å². The van der Waals surface area contributed by atoms with Crippen molar-refractivity contribution in [3.63, 3.8) is 0 Å². The zero-order valence-electron chi connectivity index (χ0n) is 12.4. The van der Waals surface area contributed by atoms with Crippen molar-refractivity contribution in [2.75, 3.05) is 7.11 Å². The van der Waals surface area contributed by atoms with Gasteiger partial charge in [-0.05, 0) is 43.3 Å². The summed E-state index contributed by atoms with van der Waals surface area (Å²) in [6.45, 7) is 1.76. The van der Waals surface area contributed by atoms with E-state index in [0.717, 1.165) is 0 Å². The fourth-order valence-corrected chi connectivity index (χ4v) is 1.74. The number of esters is 1. The monoisotopic (exact) mass is 303 g/mol. The molecule has 0 aliphatic rings. The normalized spacial score (nSPS) is 11.5. The van der Waals surface area contributed by atoms with Crippen LogP contribution < -0.4 is 10.1 Å². The van der Waals surface area contributed by atoms with Crippen LogP contribution in [0.4, 0.5) is 0 Å². The predicted molar refractivity (Wildman–Crippen MR) is 78.4 cm³/mol. The fraction of sp³-hybridized carbons (Fsp3) is 0.250. The molecule has 0 bridgehead atoms. The molecule has 0 radical (unpaired) electrons. The quantitative estimate of drug-likeness (QED) is 0.827. The molecule has 1 amide bonds. The zero-order chi connectivity index (χ0) is 15.9. The van der Waals surface area contributed by atoms with Crippen molar-refractivity contribution < 1.29 is 23.5 Å². The second-order valence-corrected chi connectivity index (χ2v) is 4.57. The van der Waals surface area contributed by atoms with Gasteiger partial charge < -0.3 is 19.2 Å². The molecule has 1 atom stereocenters. The molecule has 0 aliphatic heterocycles. The number of rotatable bonds is 6. The van der Waals surface area contributed by atoms with Gasteiger partial charge in [0, 0.05) is 0 Å². The Labute approximate surface area is 128 Å². The smallest absolute Gasteiger partial charge is 0.338 e. The Morgan fingerprint density at radius 2 is 1.95 bits per heavy atom. The summed E-state index contributed by atoms with van der Waals surface area (Å²) in [6, 6.07) is 9.93. The number of furan rings is 1. The van der Waals surface area contributed by atoms with Crippen LogP contribution in [0.25, 0.3) is 0 Å². The minimum atomic E-state index is -0.899. The number of carbonyl (C=O) groups is 2. The highest BCUT2D eigenvalue weighted by Crippen LogP contribution is 2.12. The third-order valence-corrected chi connectivity index (χ3v) is 3.00. The van der Waals surface area contributed by atoms with Crippen molar-refractivity contribution in [2.45, 2.75) is 19.6 Å². The van der Waals surface area contributed by atoms with Crippen molar-refractivity contribution in [2.24, 2.45) is 0 Å². The molecule has 1 N–H and O–H groups in total. The van der Waals surface area contributed by atoms with Gasteiger partial charge in [-0.1, -0.05) is 0 Å². The number of amides is 1. The molecule has 0 fully saturated rings. The lowest BCUT2D eigenvalue weighted by Gasteiger charge is -2.13. The maximum absolute atomic E-state index is 11.9. The number of ether oxygens (including phenoxy) is 2. The molecule has 2 rings (SSSR count). The van der Waals surface area contributed by atoms with Crippen LogP contribution in [0, 0.1) is 0 Å². The van der Waals surface area contributed by atoms with Gasteiger partial charge in [0.25, 0.3) is 5.91 Å². The molecule has 6 heteroatoms. The Morgan fingerprint density at radius 3 is 2.55 bits per heavy atom. The number of benzene rings is 1. The topological polar surface area (TPSA) is 77.8 Å². The van der Waals surface area contributed by atoms with E-state index in [4.69, 9.17) is 13.9 Å². The first-order chi connectivity index (χ1) is 10.6. The average Bonchev–Trinajstić information content (AvgIpc) is 3.06. The van der Waals surface area contributed by atoms with Crippen LogP contribution in [0.3, 0.4) is 0 Å². The third kappa shape index (κ3) is 4.12. The fourth-order valence-electron chi connectivity index (χ4n) is 1.74. The predicted octanol–water partition coefficient (Wildman–Crippen LogP) is 2.15. The van der Waals surface area contributed by atoms with Crippen molar-refractivity contribution in [1.29, 1.82) is 0 Å². The van der Waals surface area contributed by atoms with Crippen molar-refractivity contribution >= 4 is 11.9 Å². The molecular formula is C16H17NO5. The first kappa shape index (κ1) is 15.6. The summed E-state index contributed by atoms with van der Waals surface area (Å²) >= 11 is 0. The molecule has 0 spiro atoms. The van der Waals surface area contributed by atoms with Crippen LogP contribution in [-0.4, -0.2) is 25.1 Å². The van der Waals surface area contributed by atoms with Crippen LogP contribution >= 0.6 is 0 Å². The molecule has 116 valence electrons. The lowest BCUT2D eigenvalue weighted by molar-refractivity contribution is -0.129. The van der Waals surface area contributed by atoms with E-state index in [1.165, 1.54) is 13.2 Å². The highest BCUT2D eigenvalue weighted by atomic mass is 16.5. The van der Waals surface area contributed by atoms with Crippen LogP contribution in [0.2, 0.25) is 0 Å². The standard InChI is InChI=1S/C16H17NO5/c1-11(15(18)17-10-14-4-3-9-21-14)22-16(19)12-5-7-13(20-2)8-6-12/h3-9,11H,10H2,1-2H3,(H,17,18)/t11-/m1/s1. The molecular weight excluding hydrogens is 286 g/mol. The number of carbonyl (C=O) groups excluding carboxylic acids is 2. The molecule has 0 aliphatic carbocycles. The van der Waals surface area contributed by atoms with Gasteiger partial charge in [0.2, 0.25) is 0 Å². The van der Waals surface area contributed by atoms with Crippen molar-refractivity contribution in [1.82, 2.24) is 5.32 Å². The zero-order valence-corrected chi connectivity index (χ0v) is 12.4. The molecule has 1 aromatic carbocycles. The van der Waals surface area contributed by atoms with E-state index >= 15 is 0 Å². The van der Waals surface area contributed by atoms with E-state index < -0.39 is 18.0 Å². The van der Waals surface area contributed by atoms with Gasteiger partial charge in [-0.25, -0.2) is 4.79 Å². The molecule has 6 nitrogen and oxygen atoms in total. The van der Waals surface area contributed by atoms with Gasteiger partial charge in [0.05, 0.1) is 25.5 Å². The van der Waals surface area contributed by atoms with E-state index in [0.29, 0.717) is 17.1 Å². The lowest BCUT2D eigenvalue weighted by atomic mass is 10.2. The van der Waals surface area contributed by atoms with Gasteiger partial charge >= 0.3 is 5.97 Å². The minimum absolute atomic E-state index is 0.246. The molecule has 22 heavy (non-hydrogen) atoms. The molecule has 0 saturated carbocycles. The van der Waals surface area contributed by atoms with Gasteiger partial charge in [0.15, 0.2) is 6.10 Å². The largest absolute Gasteiger partial charge is 0.497 e. The molecule has 2 aromatic rings. The molecule has 1 heterocycles. The van der Waals surface area contributed by atoms with Gasteiger partial charge in [-0.2, -0.15) is 0 Å². The first-order valence-electron chi connectivity index (χ1n) is 6.75. The third-order valence-electron chi connectivity index (χ3n) is 3.00. The maximum Gasteiger partial charge on any atom is 0.338 e. The molecule has 0 saturated heterocycles. The Balaban J connectivity index is 1.85. The Bertz CT molecular complexity index is 618. The summed E-state index contributed by atoms with van der Waals surface area (Å²) in [5.41, 5.74) is 0.353. The minimum Gasteiger partial charge on any atom is -0.497 e. The SMILES string of the molecule is COc1ccc(C(=O)O[C@H](C)C(=O)NCc2ccco2)cc1. The second-order valence-electron chi connectivity index (χ2n) is 4.57. The molecule has 1 aromatic heterocycles. The summed E-state index contributed by atoms with van der Waals surface area (Å²) in [5, 5.41) is 2.63. The van der Waals surface area contributed by atoms with Gasteiger partial charge in [0.1, 0.15) is 11.5 Å². The summed E-state index contributed by atoms with van der Waals surface area (Å²) in [6.07, 6.45) is 0.624.